The summed E-state index contributed by atoms with van der Waals surface area (Å²) in [4.78, 5) is 28.8. The van der Waals surface area contributed by atoms with Crippen LogP contribution in [0.15, 0.2) is 33.5 Å². The van der Waals surface area contributed by atoms with Crippen LogP contribution in [0.1, 0.15) is 52.2 Å². The maximum Gasteiger partial charge on any atom is 0.290 e. The first-order valence-electron chi connectivity index (χ1n) is 10.5. The average Bonchev–Trinajstić information content (AvgIpc) is 3.06. The van der Waals surface area contributed by atoms with Crippen molar-refractivity contribution in [2.75, 3.05) is 27.9 Å². The Morgan fingerprint density at radius 2 is 1.62 bits per heavy atom. The van der Waals surface area contributed by atoms with Crippen LogP contribution >= 0.6 is 0 Å². The summed E-state index contributed by atoms with van der Waals surface area (Å²) < 4.78 is 22.6. The number of amides is 1. The molecule has 0 fully saturated rings. The molecular weight excluding hydrogens is 410 g/mol. The molecule has 1 unspecified atom stereocenters. The lowest BCUT2D eigenvalue weighted by Gasteiger charge is -2.26. The van der Waals surface area contributed by atoms with Crippen LogP contribution in [0.2, 0.25) is 0 Å². The van der Waals surface area contributed by atoms with Gasteiger partial charge in [0.1, 0.15) is 5.58 Å². The number of hydrogen-bond donors (Lipinski definition) is 0. The Kier molecular flexibility index (Phi) is 5.59. The van der Waals surface area contributed by atoms with Gasteiger partial charge in [-0.1, -0.05) is 13.0 Å². The Balaban J connectivity index is 2.05. The van der Waals surface area contributed by atoms with Crippen LogP contribution in [0.5, 0.6) is 17.2 Å². The molecule has 0 radical (unpaired) electrons. The molecule has 1 amide bonds. The number of ether oxygens (including phenoxy) is 3. The molecule has 0 saturated heterocycles. The van der Waals surface area contributed by atoms with Crippen LogP contribution in [0.25, 0.3) is 11.0 Å². The van der Waals surface area contributed by atoms with E-state index in [2.05, 4.69) is 0 Å². The lowest BCUT2D eigenvalue weighted by Crippen LogP contribution is -2.30. The third-order valence-electron chi connectivity index (χ3n) is 5.86. The van der Waals surface area contributed by atoms with Crippen LogP contribution in [0.3, 0.4) is 0 Å². The number of aryl methyl sites for hydroxylation is 2. The molecule has 0 aliphatic carbocycles. The van der Waals surface area contributed by atoms with Crippen molar-refractivity contribution < 1.29 is 23.4 Å². The van der Waals surface area contributed by atoms with E-state index in [0.717, 1.165) is 17.5 Å². The largest absolute Gasteiger partial charge is 0.493 e. The molecule has 1 atom stereocenters. The lowest BCUT2D eigenvalue weighted by atomic mass is 9.96. The molecule has 0 saturated carbocycles. The molecule has 1 aliphatic rings. The summed E-state index contributed by atoms with van der Waals surface area (Å²) in [6.45, 7) is 6.27. The number of carbonyl (C=O) groups excluding carboxylic acids is 1. The molecule has 1 aromatic heterocycles. The SMILES string of the molecule is CCCN1C(=O)c2oc3c(C)cc(C)cc3c(=O)c2C1c1cc(OC)c(OC)c(OC)c1. The van der Waals surface area contributed by atoms with E-state index in [1.165, 1.54) is 21.3 Å². The minimum atomic E-state index is -0.618. The molecular formula is C25H27NO6. The van der Waals surface area contributed by atoms with Gasteiger partial charge in [0.2, 0.25) is 11.5 Å². The number of fused-ring (bicyclic) bond motifs is 2. The van der Waals surface area contributed by atoms with E-state index >= 15 is 0 Å². The van der Waals surface area contributed by atoms with Gasteiger partial charge in [0.25, 0.3) is 5.91 Å². The molecule has 2 heterocycles. The smallest absolute Gasteiger partial charge is 0.290 e. The van der Waals surface area contributed by atoms with Crippen LogP contribution in [-0.2, 0) is 0 Å². The third-order valence-corrected chi connectivity index (χ3v) is 5.86. The van der Waals surface area contributed by atoms with Crippen molar-refractivity contribution in [1.29, 1.82) is 0 Å². The van der Waals surface area contributed by atoms with Crippen molar-refractivity contribution in [2.45, 2.75) is 33.2 Å². The fourth-order valence-corrected chi connectivity index (χ4v) is 4.55. The zero-order valence-corrected chi connectivity index (χ0v) is 19.2. The Hall–Kier alpha value is -3.48. The summed E-state index contributed by atoms with van der Waals surface area (Å²) >= 11 is 0. The Morgan fingerprint density at radius 3 is 2.19 bits per heavy atom. The lowest BCUT2D eigenvalue weighted by molar-refractivity contribution is 0.0727. The highest BCUT2D eigenvalue weighted by atomic mass is 16.5. The van der Waals surface area contributed by atoms with Gasteiger partial charge in [0.15, 0.2) is 16.9 Å². The molecule has 168 valence electrons. The quantitative estimate of drug-likeness (QED) is 0.569. The second-order valence-corrected chi connectivity index (χ2v) is 7.99. The standard InChI is InChI=1S/C25H27NO6/c1-7-8-26-20(15-11-17(29-4)23(31-6)18(12-15)30-5)19-21(27)16-10-13(2)9-14(3)22(16)32-24(19)25(26)28/h9-12,20H,7-8H2,1-6H3. The molecule has 4 rings (SSSR count). The molecule has 32 heavy (non-hydrogen) atoms. The normalized spacial score (nSPS) is 15.2. The summed E-state index contributed by atoms with van der Waals surface area (Å²) in [6, 6.07) is 6.70. The summed E-state index contributed by atoms with van der Waals surface area (Å²) in [5.41, 5.74) is 3.08. The van der Waals surface area contributed by atoms with E-state index in [-0.39, 0.29) is 17.1 Å². The minimum absolute atomic E-state index is 0.0988. The summed E-state index contributed by atoms with van der Waals surface area (Å²) in [5.74, 6) is 1.16. The molecule has 0 bridgehead atoms. The van der Waals surface area contributed by atoms with E-state index in [1.807, 2.05) is 32.9 Å². The van der Waals surface area contributed by atoms with Crippen LogP contribution in [-0.4, -0.2) is 38.7 Å². The maximum absolute atomic E-state index is 13.7. The maximum atomic E-state index is 13.7. The van der Waals surface area contributed by atoms with Crippen molar-refractivity contribution in [3.63, 3.8) is 0 Å². The highest BCUT2D eigenvalue weighted by Crippen LogP contribution is 2.45. The molecule has 0 N–H and O–H groups in total. The zero-order valence-electron chi connectivity index (χ0n) is 19.2. The number of carbonyl (C=O) groups is 1. The van der Waals surface area contributed by atoms with Gasteiger partial charge in [-0.05, 0) is 55.2 Å². The number of rotatable bonds is 6. The topological polar surface area (TPSA) is 78.2 Å². The van der Waals surface area contributed by atoms with Crippen molar-refractivity contribution in [3.8, 4) is 17.2 Å². The second kappa shape index (κ2) is 8.22. The highest BCUT2D eigenvalue weighted by molar-refractivity contribution is 5.99. The number of hydrogen-bond acceptors (Lipinski definition) is 6. The predicted octanol–water partition coefficient (Wildman–Crippen LogP) is 4.39. The van der Waals surface area contributed by atoms with Crippen molar-refractivity contribution in [1.82, 2.24) is 4.90 Å². The number of nitrogens with zero attached hydrogens (tertiary/aromatic N) is 1. The van der Waals surface area contributed by atoms with E-state index in [0.29, 0.717) is 45.9 Å². The predicted molar refractivity (Wildman–Crippen MR) is 121 cm³/mol. The minimum Gasteiger partial charge on any atom is -0.493 e. The van der Waals surface area contributed by atoms with Crippen LogP contribution < -0.4 is 19.6 Å². The van der Waals surface area contributed by atoms with Gasteiger partial charge in [0.05, 0.1) is 38.3 Å². The second-order valence-electron chi connectivity index (χ2n) is 7.99. The fourth-order valence-electron chi connectivity index (χ4n) is 4.55. The van der Waals surface area contributed by atoms with Crippen LogP contribution in [0, 0.1) is 13.8 Å². The molecule has 0 spiro atoms. The van der Waals surface area contributed by atoms with Gasteiger partial charge in [-0.2, -0.15) is 0 Å². The van der Waals surface area contributed by atoms with Gasteiger partial charge >= 0.3 is 0 Å². The van der Waals surface area contributed by atoms with E-state index in [9.17, 15) is 9.59 Å². The Morgan fingerprint density at radius 1 is 0.969 bits per heavy atom. The van der Waals surface area contributed by atoms with Gasteiger partial charge in [-0.25, -0.2) is 0 Å². The van der Waals surface area contributed by atoms with E-state index < -0.39 is 6.04 Å². The fraction of sp³-hybridized carbons (Fsp3) is 0.360. The first-order valence-corrected chi connectivity index (χ1v) is 10.5. The third kappa shape index (κ3) is 3.20. The molecule has 3 aromatic rings. The highest BCUT2D eigenvalue weighted by Gasteiger charge is 2.43. The van der Waals surface area contributed by atoms with E-state index in [1.54, 1.807) is 17.0 Å². The summed E-state index contributed by atoms with van der Waals surface area (Å²) in [5, 5.41) is 0.477. The van der Waals surface area contributed by atoms with Crippen molar-refractivity contribution >= 4 is 16.9 Å². The first kappa shape index (κ1) is 21.7. The Labute approximate surface area is 186 Å². The number of benzene rings is 2. The van der Waals surface area contributed by atoms with Gasteiger partial charge in [0, 0.05) is 6.54 Å². The molecule has 7 heteroatoms. The van der Waals surface area contributed by atoms with E-state index in [4.69, 9.17) is 18.6 Å². The molecule has 1 aliphatic heterocycles. The van der Waals surface area contributed by atoms with Gasteiger partial charge in [-0.3, -0.25) is 9.59 Å². The van der Waals surface area contributed by atoms with Crippen LogP contribution in [0.4, 0.5) is 0 Å². The zero-order chi connectivity index (χ0) is 23.2. The van der Waals surface area contributed by atoms with Gasteiger partial charge < -0.3 is 23.5 Å². The summed E-state index contributed by atoms with van der Waals surface area (Å²) in [6.07, 6.45) is 0.729. The average molecular weight is 437 g/mol. The monoisotopic (exact) mass is 437 g/mol. The first-order chi connectivity index (χ1) is 15.4. The molecule has 2 aromatic carbocycles. The van der Waals surface area contributed by atoms with Crippen molar-refractivity contribution in [2.24, 2.45) is 0 Å². The Bertz CT molecular complexity index is 1250. The van der Waals surface area contributed by atoms with Gasteiger partial charge in [-0.15, -0.1) is 0 Å². The van der Waals surface area contributed by atoms with Crippen molar-refractivity contribution in [3.05, 3.63) is 62.5 Å². The number of methoxy groups -OCH3 is 3. The molecule has 7 nitrogen and oxygen atoms in total. The summed E-state index contributed by atoms with van der Waals surface area (Å²) in [7, 11) is 4.60.